The molecule has 22 heavy (non-hydrogen) atoms. The minimum Gasteiger partial charge on any atom is -0.352 e. The summed E-state index contributed by atoms with van der Waals surface area (Å²) in [5.41, 5.74) is 0.888. The van der Waals surface area contributed by atoms with Crippen molar-refractivity contribution in [1.82, 2.24) is 5.32 Å². The first-order chi connectivity index (χ1) is 10.5. The van der Waals surface area contributed by atoms with Crippen molar-refractivity contribution in [2.75, 3.05) is 5.75 Å². The monoisotopic (exact) mass is 337 g/mol. The third-order valence-corrected chi connectivity index (χ3v) is 6.02. The molecular formula is C16H19NO3S2. The van der Waals surface area contributed by atoms with Crippen molar-refractivity contribution in [3.8, 4) is 0 Å². The standard InChI is InChI=1S/C16H19NO3S2/c1-2-22(19,20)15-8-5-13(6-9-15)12-17-16(18)10-7-14-4-3-11-21-14/h3-6,8-9,11H,2,7,10,12H2,1H3,(H,17,18). The number of hydrogen-bond donors (Lipinski definition) is 1. The smallest absolute Gasteiger partial charge is 0.220 e. The van der Waals surface area contributed by atoms with E-state index in [4.69, 9.17) is 0 Å². The van der Waals surface area contributed by atoms with Crippen molar-refractivity contribution in [3.05, 3.63) is 52.2 Å². The van der Waals surface area contributed by atoms with Crippen LogP contribution in [0, 0.1) is 0 Å². The first kappa shape index (κ1) is 16.7. The van der Waals surface area contributed by atoms with Gasteiger partial charge in [-0.25, -0.2) is 8.42 Å². The number of thiophene rings is 1. The quantitative estimate of drug-likeness (QED) is 0.845. The highest BCUT2D eigenvalue weighted by molar-refractivity contribution is 7.91. The maximum absolute atomic E-state index is 11.8. The molecule has 2 aromatic rings. The van der Waals surface area contributed by atoms with Crippen LogP contribution in [0.25, 0.3) is 0 Å². The molecule has 1 N–H and O–H groups in total. The van der Waals surface area contributed by atoms with E-state index in [1.807, 2.05) is 17.5 Å². The van der Waals surface area contributed by atoms with E-state index in [1.54, 1.807) is 42.5 Å². The second-order valence-corrected chi connectivity index (χ2v) is 8.21. The topological polar surface area (TPSA) is 63.2 Å². The Labute approximate surface area is 135 Å². The zero-order valence-electron chi connectivity index (χ0n) is 12.4. The van der Waals surface area contributed by atoms with Crippen LogP contribution in [-0.2, 0) is 27.6 Å². The van der Waals surface area contributed by atoms with Gasteiger partial charge in [0.05, 0.1) is 10.6 Å². The van der Waals surface area contributed by atoms with Gasteiger partial charge in [0.2, 0.25) is 5.91 Å². The molecule has 1 aromatic carbocycles. The summed E-state index contributed by atoms with van der Waals surface area (Å²) >= 11 is 1.65. The van der Waals surface area contributed by atoms with E-state index in [0.717, 1.165) is 12.0 Å². The number of nitrogens with one attached hydrogen (secondary N) is 1. The average molecular weight is 337 g/mol. The normalized spacial score (nSPS) is 11.3. The highest BCUT2D eigenvalue weighted by Crippen LogP contribution is 2.13. The van der Waals surface area contributed by atoms with Crippen molar-refractivity contribution in [2.24, 2.45) is 0 Å². The number of sulfone groups is 1. The lowest BCUT2D eigenvalue weighted by Crippen LogP contribution is -2.22. The van der Waals surface area contributed by atoms with Crippen LogP contribution < -0.4 is 5.32 Å². The van der Waals surface area contributed by atoms with Crippen molar-refractivity contribution < 1.29 is 13.2 Å². The molecule has 0 saturated carbocycles. The summed E-state index contributed by atoms with van der Waals surface area (Å²) in [4.78, 5) is 13.3. The van der Waals surface area contributed by atoms with Gasteiger partial charge in [-0.2, -0.15) is 0 Å². The van der Waals surface area contributed by atoms with E-state index in [1.165, 1.54) is 4.88 Å². The summed E-state index contributed by atoms with van der Waals surface area (Å²) in [7, 11) is -3.17. The lowest BCUT2D eigenvalue weighted by atomic mass is 10.2. The lowest BCUT2D eigenvalue weighted by molar-refractivity contribution is -0.121. The van der Waals surface area contributed by atoms with Gasteiger partial charge in [0.1, 0.15) is 0 Å². The van der Waals surface area contributed by atoms with Gasteiger partial charge in [-0.3, -0.25) is 4.79 Å². The van der Waals surface area contributed by atoms with Gasteiger partial charge in [-0.1, -0.05) is 25.1 Å². The Hall–Kier alpha value is -1.66. The fourth-order valence-electron chi connectivity index (χ4n) is 1.96. The molecule has 0 fully saturated rings. The summed E-state index contributed by atoms with van der Waals surface area (Å²) in [5.74, 6) is 0.0878. The molecule has 118 valence electrons. The van der Waals surface area contributed by atoms with Gasteiger partial charge < -0.3 is 5.32 Å². The van der Waals surface area contributed by atoms with Gasteiger partial charge in [-0.05, 0) is 35.6 Å². The van der Waals surface area contributed by atoms with E-state index in [0.29, 0.717) is 17.9 Å². The highest BCUT2D eigenvalue weighted by atomic mass is 32.2. The van der Waals surface area contributed by atoms with Crippen molar-refractivity contribution in [2.45, 2.75) is 31.2 Å². The number of benzene rings is 1. The summed E-state index contributed by atoms with van der Waals surface area (Å²) < 4.78 is 23.4. The lowest BCUT2D eigenvalue weighted by Gasteiger charge is -2.06. The zero-order chi connectivity index (χ0) is 16.0. The first-order valence-corrected chi connectivity index (χ1v) is 9.65. The molecule has 0 saturated heterocycles. The molecule has 1 heterocycles. The molecule has 0 aliphatic rings. The molecule has 0 aliphatic carbocycles. The molecule has 4 nitrogen and oxygen atoms in total. The third-order valence-electron chi connectivity index (χ3n) is 3.33. The molecule has 0 atom stereocenters. The molecular weight excluding hydrogens is 318 g/mol. The summed E-state index contributed by atoms with van der Waals surface area (Å²) in [5, 5.41) is 4.85. The molecule has 0 bridgehead atoms. The van der Waals surface area contributed by atoms with E-state index in [9.17, 15) is 13.2 Å². The van der Waals surface area contributed by atoms with Gasteiger partial charge in [0, 0.05) is 17.8 Å². The highest BCUT2D eigenvalue weighted by Gasteiger charge is 2.10. The molecule has 6 heteroatoms. The van der Waals surface area contributed by atoms with Crippen LogP contribution in [0.4, 0.5) is 0 Å². The van der Waals surface area contributed by atoms with Crippen molar-refractivity contribution in [3.63, 3.8) is 0 Å². The molecule has 2 rings (SSSR count). The number of hydrogen-bond acceptors (Lipinski definition) is 4. The third kappa shape index (κ3) is 4.68. The average Bonchev–Trinajstić information content (AvgIpc) is 3.05. The second kappa shape index (κ2) is 7.56. The van der Waals surface area contributed by atoms with Crippen molar-refractivity contribution >= 4 is 27.1 Å². The SMILES string of the molecule is CCS(=O)(=O)c1ccc(CNC(=O)CCc2cccs2)cc1. The maximum atomic E-state index is 11.8. The maximum Gasteiger partial charge on any atom is 0.220 e. The number of carbonyl (C=O) groups excluding carboxylic acids is 1. The Kier molecular flexibility index (Phi) is 5.74. The zero-order valence-corrected chi connectivity index (χ0v) is 14.0. The van der Waals surface area contributed by atoms with E-state index in [-0.39, 0.29) is 11.7 Å². The molecule has 0 aliphatic heterocycles. The number of aryl methyl sites for hydroxylation is 1. The molecule has 0 radical (unpaired) electrons. The minimum absolute atomic E-state index is 0.00124. The Morgan fingerprint density at radius 3 is 2.50 bits per heavy atom. The number of carbonyl (C=O) groups is 1. The van der Waals surface area contributed by atoms with Crippen LogP contribution in [0.5, 0.6) is 0 Å². The van der Waals surface area contributed by atoms with Crippen LogP contribution in [0.1, 0.15) is 23.8 Å². The molecule has 1 amide bonds. The summed E-state index contributed by atoms with van der Waals surface area (Å²) in [6.07, 6.45) is 1.21. The predicted molar refractivity (Wildman–Crippen MR) is 88.7 cm³/mol. The Balaban J connectivity index is 1.82. The van der Waals surface area contributed by atoms with Gasteiger partial charge in [-0.15, -0.1) is 11.3 Å². The van der Waals surface area contributed by atoms with E-state index in [2.05, 4.69) is 5.32 Å². The Morgan fingerprint density at radius 2 is 1.91 bits per heavy atom. The number of amides is 1. The Bertz CT molecular complexity index is 704. The largest absolute Gasteiger partial charge is 0.352 e. The van der Waals surface area contributed by atoms with Gasteiger partial charge in [0.25, 0.3) is 0 Å². The van der Waals surface area contributed by atoms with Crippen molar-refractivity contribution in [1.29, 1.82) is 0 Å². The van der Waals surface area contributed by atoms with Gasteiger partial charge in [0.15, 0.2) is 9.84 Å². The van der Waals surface area contributed by atoms with Gasteiger partial charge >= 0.3 is 0 Å². The first-order valence-electron chi connectivity index (χ1n) is 7.12. The minimum atomic E-state index is -3.17. The Morgan fingerprint density at radius 1 is 1.18 bits per heavy atom. The van der Waals surface area contributed by atoms with Crippen LogP contribution in [0.3, 0.4) is 0 Å². The molecule has 0 spiro atoms. The molecule has 0 unspecified atom stereocenters. The fourth-order valence-corrected chi connectivity index (χ4v) is 3.55. The van der Waals surface area contributed by atoms with Crippen LogP contribution >= 0.6 is 11.3 Å². The fraction of sp³-hybridized carbons (Fsp3) is 0.312. The second-order valence-electron chi connectivity index (χ2n) is 4.90. The van der Waals surface area contributed by atoms with E-state index < -0.39 is 9.84 Å². The molecule has 1 aromatic heterocycles. The predicted octanol–water partition coefficient (Wildman–Crippen LogP) is 2.79. The summed E-state index contributed by atoms with van der Waals surface area (Å²) in [6.45, 7) is 2.03. The van der Waals surface area contributed by atoms with Crippen LogP contribution in [0.2, 0.25) is 0 Å². The van der Waals surface area contributed by atoms with Crippen LogP contribution in [-0.4, -0.2) is 20.1 Å². The number of rotatable bonds is 7. The van der Waals surface area contributed by atoms with Crippen LogP contribution in [0.15, 0.2) is 46.7 Å². The summed E-state index contributed by atoms with van der Waals surface area (Å²) in [6, 6.07) is 10.6. The van der Waals surface area contributed by atoms with E-state index >= 15 is 0 Å².